The molecule has 0 atom stereocenters. The van der Waals surface area contributed by atoms with Crippen molar-refractivity contribution in [1.82, 2.24) is 9.97 Å². The molecule has 6 heteroatoms. The monoisotopic (exact) mass is 308 g/mol. The summed E-state index contributed by atoms with van der Waals surface area (Å²) in [6.07, 6.45) is 0. The van der Waals surface area contributed by atoms with Crippen molar-refractivity contribution in [1.29, 1.82) is 0 Å². The number of hydrogen-bond donors (Lipinski definition) is 2. The van der Waals surface area contributed by atoms with E-state index in [0.29, 0.717) is 23.1 Å². The van der Waals surface area contributed by atoms with E-state index >= 15 is 0 Å². The smallest absolute Gasteiger partial charge is 0.262 e. The average Bonchev–Trinajstić information content (AvgIpc) is 2.40. The van der Waals surface area contributed by atoms with Crippen LogP contribution in [0.1, 0.15) is 19.7 Å². The number of rotatable bonds is 5. The van der Waals surface area contributed by atoms with Crippen molar-refractivity contribution in [2.75, 3.05) is 5.75 Å². The van der Waals surface area contributed by atoms with Gasteiger partial charge in [0, 0.05) is 0 Å². The molecule has 21 heavy (non-hydrogen) atoms. The molecule has 1 aromatic heterocycles. The molecule has 2 rings (SSSR count). The van der Waals surface area contributed by atoms with Gasteiger partial charge in [0.15, 0.2) is 0 Å². The van der Waals surface area contributed by atoms with E-state index in [0.717, 1.165) is 5.75 Å². The Kier molecular flexibility index (Phi) is 5.01. The lowest BCUT2D eigenvalue weighted by molar-refractivity contribution is 0.451. The number of halogens is 1. The predicted molar refractivity (Wildman–Crippen MR) is 82.9 cm³/mol. The number of thioether (sulfide) groups is 1. The summed E-state index contributed by atoms with van der Waals surface area (Å²) in [5.74, 6) is 1.74. The summed E-state index contributed by atoms with van der Waals surface area (Å²) < 4.78 is 12.9. The molecule has 0 unspecified atom stereocenters. The van der Waals surface area contributed by atoms with E-state index < -0.39 is 11.4 Å². The van der Waals surface area contributed by atoms with Crippen molar-refractivity contribution in [3.05, 3.63) is 46.3 Å². The molecule has 1 aromatic carbocycles. The lowest BCUT2D eigenvalue weighted by Gasteiger charge is -2.07. The first-order valence-electron chi connectivity index (χ1n) is 6.63. The number of aromatic amines is 1. The molecular weight excluding hydrogens is 291 g/mol. The summed E-state index contributed by atoms with van der Waals surface area (Å²) in [5.41, 5.74) is 0.0749. The van der Waals surface area contributed by atoms with Gasteiger partial charge in [-0.05, 0) is 29.4 Å². The maximum atomic E-state index is 12.9. The zero-order chi connectivity index (χ0) is 15.4. The van der Waals surface area contributed by atoms with E-state index in [-0.39, 0.29) is 11.4 Å². The topological polar surface area (TPSA) is 66.0 Å². The van der Waals surface area contributed by atoms with Crippen molar-refractivity contribution in [3.63, 3.8) is 0 Å². The number of aromatic hydroxyl groups is 1. The van der Waals surface area contributed by atoms with Crippen LogP contribution in [0.4, 0.5) is 4.39 Å². The summed E-state index contributed by atoms with van der Waals surface area (Å²) in [6, 6.07) is 5.35. The van der Waals surface area contributed by atoms with Gasteiger partial charge in [-0.25, -0.2) is 4.39 Å². The van der Waals surface area contributed by atoms with Gasteiger partial charge in [-0.1, -0.05) is 26.0 Å². The molecule has 2 aromatic rings. The number of nitrogens with zero attached hydrogens (tertiary/aromatic N) is 1. The van der Waals surface area contributed by atoms with E-state index in [1.54, 1.807) is 11.8 Å². The molecule has 0 spiro atoms. The normalized spacial score (nSPS) is 11.0. The average molecular weight is 308 g/mol. The van der Waals surface area contributed by atoms with Crippen molar-refractivity contribution in [2.24, 2.45) is 5.92 Å². The number of H-pyrrole nitrogens is 1. The van der Waals surface area contributed by atoms with Gasteiger partial charge in [-0.15, -0.1) is 0 Å². The lowest BCUT2D eigenvalue weighted by Crippen LogP contribution is -2.13. The van der Waals surface area contributed by atoms with E-state index in [1.807, 2.05) is 0 Å². The third-order valence-electron chi connectivity index (χ3n) is 2.77. The van der Waals surface area contributed by atoms with Crippen LogP contribution in [-0.2, 0) is 5.75 Å². The molecule has 4 nitrogen and oxygen atoms in total. The number of hydrogen-bond acceptors (Lipinski definition) is 4. The fraction of sp³-hybridized carbons (Fsp3) is 0.333. The molecule has 0 fully saturated rings. The zero-order valence-corrected chi connectivity index (χ0v) is 12.7. The Labute approximate surface area is 126 Å². The zero-order valence-electron chi connectivity index (χ0n) is 11.9. The Balaban J connectivity index is 2.25. The molecule has 1 heterocycles. The quantitative estimate of drug-likeness (QED) is 0.890. The highest BCUT2D eigenvalue weighted by atomic mass is 32.2. The highest BCUT2D eigenvalue weighted by Gasteiger charge is 2.13. The van der Waals surface area contributed by atoms with Gasteiger partial charge in [0.25, 0.3) is 5.56 Å². The largest absolute Gasteiger partial charge is 0.493 e. The third-order valence-corrected chi connectivity index (χ3v) is 4.15. The predicted octanol–water partition coefficient (Wildman–Crippen LogP) is 3.17. The summed E-state index contributed by atoms with van der Waals surface area (Å²) in [5, 5.41) is 9.97. The fourth-order valence-electron chi connectivity index (χ4n) is 1.84. The van der Waals surface area contributed by atoms with Crippen LogP contribution in [0.5, 0.6) is 5.88 Å². The maximum Gasteiger partial charge on any atom is 0.262 e. The molecule has 0 saturated heterocycles. The summed E-state index contributed by atoms with van der Waals surface area (Å²) >= 11 is 1.64. The van der Waals surface area contributed by atoms with E-state index in [2.05, 4.69) is 23.8 Å². The van der Waals surface area contributed by atoms with Crippen molar-refractivity contribution < 1.29 is 9.50 Å². The van der Waals surface area contributed by atoms with E-state index in [4.69, 9.17) is 0 Å². The number of benzene rings is 1. The molecule has 2 N–H and O–H groups in total. The standard InChI is InChI=1S/C15H17FN2O2S/c1-9(2)7-21-8-12-17-14(19)13(15(20)18-12)10-3-5-11(16)6-4-10/h3-6,9H,7-8H2,1-2H3,(H2,17,18,19,20). The van der Waals surface area contributed by atoms with Crippen LogP contribution in [0.25, 0.3) is 11.1 Å². The van der Waals surface area contributed by atoms with Crippen LogP contribution in [0.15, 0.2) is 29.1 Å². The third kappa shape index (κ3) is 4.07. The second-order valence-corrected chi connectivity index (χ2v) is 6.16. The summed E-state index contributed by atoms with van der Waals surface area (Å²) in [4.78, 5) is 18.8. The highest BCUT2D eigenvalue weighted by Crippen LogP contribution is 2.24. The van der Waals surface area contributed by atoms with Crippen molar-refractivity contribution in [3.8, 4) is 17.0 Å². The van der Waals surface area contributed by atoms with Gasteiger partial charge in [-0.3, -0.25) is 4.79 Å². The first kappa shape index (κ1) is 15.6. The first-order valence-corrected chi connectivity index (χ1v) is 7.78. The van der Waals surface area contributed by atoms with Gasteiger partial charge in [0.05, 0.1) is 5.75 Å². The molecule has 112 valence electrons. The van der Waals surface area contributed by atoms with Gasteiger partial charge in [0.2, 0.25) is 5.88 Å². The Hall–Kier alpha value is -1.82. The molecule has 0 bridgehead atoms. The Morgan fingerprint density at radius 2 is 2.00 bits per heavy atom. The first-order chi connectivity index (χ1) is 9.97. The molecule has 0 aliphatic rings. The van der Waals surface area contributed by atoms with Gasteiger partial charge in [-0.2, -0.15) is 16.7 Å². The van der Waals surface area contributed by atoms with Crippen LogP contribution in [0, 0.1) is 11.7 Å². The molecule has 0 aliphatic carbocycles. The number of nitrogens with one attached hydrogen (secondary N) is 1. The molecular formula is C15H17FN2O2S. The molecule has 0 saturated carbocycles. The van der Waals surface area contributed by atoms with Gasteiger partial charge < -0.3 is 10.1 Å². The SMILES string of the molecule is CC(C)CSCc1nc(O)c(-c2ccc(F)cc2)c(=O)[nH]1. The maximum absolute atomic E-state index is 12.9. The van der Waals surface area contributed by atoms with Crippen LogP contribution in [0.3, 0.4) is 0 Å². The van der Waals surface area contributed by atoms with E-state index in [9.17, 15) is 14.3 Å². The van der Waals surface area contributed by atoms with Crippen LogP contribution in [-0.4, -0.2) is 20.8 Å². The lowest BCUT2D eigenvalue weighted by atomic mass is 10.1. The molecule has 0 radical (unpaired) electrons. The fourth-order valence-corrected chi connectivity index (χ4v) is 2.76. The molecule has 0 amide bonds. The summed E-state index contributed by atoms with van der Waals surface area (Å²) in [7, 11) is 0. The second kappa shape index (κ2) is 6.76. The van der Waals surface area contributed by atoms with Crippen LogP contribution >= 0.6 is 11.8 Å². The minimum atomic E-state index is -0.422. The Bertz CT molecular complexity index is 668. The Morgan fingerprint density at radius 1 is 1.33 bits per heavy atom. The van der Waals surface area contributed by atoms with Crippen LogP contribution in [0.2, 0.25) is 0 Å². The Morgan fingerprint density at radius 3 is 2.57 bits per heavy atom. The van der Waals surface area contributed by atoms with Gasteiger partial charge in [0.1, 0.15) is 17.2 Å². The number of aromatic nitrogens is 2. The van der Waals surface area contributed by atoms with E-state index in [1.165, 1.54) is 24.3 Å². The minimum Gasteiger partial charge on any atom is -0.493 e. The van der Waals surface area contributed by atoms with Crippen molar-refractivity contribution in [2.45, 2.75) is 19.6 Å². The second-order valence-electron chi connectivity index (χ2n) is 5.13. The minimum absolute atomic E-state index is 0.0626. The molecule has 0 aliphatic heterocycles. The van der Waals surface area contributed by atoms with Crippen molar-refractivity contribution >= 4 is 11.8 Å². The van der Waals surface area contributed by atoms with Crippen LogP contribution < -0.4 is 5.56 Å². The summed E-state index contributed by atoms with van der Waals surface area (Å²) in [6.45, 7) is 4.22. The van der Waals surface area contributed by atoms with Gasteiger partial charge >= 0.3 is 0 Å². The highest BCUT2D eigenvalue weighted by molar-refractivity contribution is 7.98.